The Bertz CT molecular complexity index is 820. The first kappa shape index (κ1) is 19.0. The zero-order chi connectivity index (χ0) is 17.7. The van der Waals surface area contributed by atoms with Gasteiger partial charge in [0.2, 0.25) is 0 Å². The quantitative estimate of drug-likeness (QED) is 0.319. The molecule has 0 bridgehead atoms. The van der Waals surface area contributed by atoms with Crippen LogP contribution in [-0.4, -0.2) is 13.0 Å². The van der Waals surface area contributed by atoms with Crippen molar-refractivity contribution in [1.82, 2.24) is 0 Å². The van der Waals surface area contributed by atoms with Crippen LogP contribution in [0.2, 0.25) is 5.02 Å². The molecule has 4 nitrogen and oxygen atoms in total. The summed E-state index contributed by atoms with van der Waals surface area (Å²) in [6.45, 7) is 0. The Labute approximate surface area is 172 Å². The van der Waals surface area contributed by atoms with Gasteiger partial charge in [0.1, 0.15) is 17.4 Å². The van der Waals surface area contributed by atoms with Crippen LogP contribution in [0.25, 0.3) is 6.08 Å². The molecular weight excluding hydrogens is 553 g/mol. The molecular formula is C17H11ClI2N2O2. The molecule has 0 saturated heterocycles. The van der Waals surface area contributed by atoms with Crippen molar-refractivity contribution in [2.24, 2.45) is 0 Å². The van der Waals surface area contributed by atoms with Crippen molar-refractivity contribution in [2.45, 2.75) is 0 Å². The molecule has 0 aliphatic carbocycles. The summed E-state index contributed by atoms with van der Waals surface area (Å²) >= 11 is 10.1. The van der Waals surface area contributed by atoms with E-state index in [4.69, 9.17) is 16.3 Å². The molecule has 2 rings (SSSR count). The number of nitrogens with zero attached hydrogens (tertiary/aromatic N) is 1. The molecule has 1 N–H and O–H groups in total. The molecule has 0 aliphatic rings. The van der Waals surface area contributed by atoms with Gasteiger partial charge in [0, 0.05) is 10.7 Å². The number of nitriles is 1. The van der Waals surface area contributed by atoms with Crippen LogP contribution in [-0.2, 0) is 4.79 Å². The molecule has 0 aromatic heterocycles. The van der Waals surface area contributed by atoms with Gasteiger partial charge in [-0.3, -0.25) is 4.79 Å². The molecule has 1 amide bonds. The number of carbonyl (C=O) groups excluding carboxylic acids is 1. The van der Waals surface area contributed by atoms with Crippen LogP contribution in [0.1, 0.15) is 5.56 Å². The van der Waals surface area contributed by atoms with Crippen LogP contribution in [0.5, 0.6) is 5.75 Å². The van der Waals surface area contributed by atoms with Gasteiger partial charge in [0.05, 0.1) is 14.3 Å². The molecule has 0 aliphatic heterocycles. The van der Waals surface area contributed by atoms with E-state index in [1.165, 1.54) is 0 Å². The molecule has 24 heavy (non-hydrogen) atoms. The van der Waals surface area contributed by atoms with Crippen molar-refractivity contribution in [2.75, 3.05) is 12.4 Å². The predicted molar refractivity (Wildman–Crippen MR) is 112 cm³/mol. The predicted octanol–water partition coefficient (Wildman–Crippen LogP) is 5.10. The second-order valence-corrected chi connectivity index (χ2v) is 7.41. The van der Waals surface area contributed by atoms with Crippen LogP contribution >= 0.6 is 56.8 Å². The number of halogens is 3. The molecule has 0 saturated carbocycles. The van der Waals surface area contributed by atoms with Crippen molar-refractivity contribution in [3.8, 4) is 11.8 Å². The average molecular weight is 565 g/mol. The van der Waals surface area contributed by atoms with E-state index in [0.29, 0.717) is 10.7 Å². The van der Waals surface area contributed by atoms with Gasteiger partial charge in [-0.15, -0.1) is 0 Å². The van der Waals surface area contributed by atoms with Crippen LogP contribution in [0.4, 0.5) is 5.69 Å². The van der Waals surface area contributed by atoms with Crippen molar-refractivity contribution >= 4 is 74.5 Å². The summed E-state index contributed by atoms with van der Waals surface area (Å²) in [4.78, 5) is 12.3. The summed E-state index contributed by atoms with van der Waals surface area (Å²) in [5, 5.41) is 12.5. The molecule has 0 radical (unpaired) electrons. The minimum Gasteiger partial charge on any atom is -0.495 e. The Balaban J connectivity index is 2.27. The second kappa shape index (κ2) is 8.69. The third-order valence-corrected chi connectivity index (χ3v) is 4.86. The van der Waals surface area contributed by atoms with Crippen molar-refractivity contribution in [3.63, 3.8) is 0 Å². The Morgan fingerprint density at radius 1 is 1.25 bits per heavy atom. The summed E-state index contributed by atoms with van der Waals surface area (Å²) in [7, 11) is 1.61. The SMILES string of the molecule is COc1c(I)cc(/C=C(/C#N)C(=O)Nc2ccc(Cl)cc2)cc1I. The molecule has 0 heterocycles. The number of anilines is 1. The van der Waals surface area contributed by atoms with Gasteiger partial charge in [0.15, 0.2) is 0 Å². The highest BCUT2D eigenvalue weighted by atomic mass is 127. The highest BCUT2D eigenvalue weighted by molar-refractivity contribution is 14.1. The number of hydrogen-bond donors (Lipinski definition) is 1. The van der Waals surface area contributed by atoms with Crippen molar-refractivity contribution < 1.29 is 9.53 Å². The highest BCUT2D eigenvalue weighted by Crippen LogP contribution is 2.29. The Morgan fingerprint density at radius 2 is 1.83 bits per heavy atom. The van der Waals surface area contributed by atoms with E-state index in [1.54, 1.807) is 37.5 Å². The number of ether oxygens (including phenoxy) is 1. The zero-order valence-corrected chi connectivity index (χ0v) is 17.5. The number of amides is 1. The molecule has 7 heteroatoms. The molecule has 2 aromatic rings. The number of rotatable bonds is 4. The van der Waals surface area contributed by atoms with Gasteiger partial charge in [-0.05, 0) is 93.2 Å². The number of methoxy groups -OCH3 is 1. The van der Waals surface area contributed by atoms with Crippen LogP contribution in [0, 0.1) is 18.5 Å². The van der Waals surface area contributed by atoms with Gasteiger partial charge in [-0.2, -0.15) is 5.26 Å². The van der Waals surface area contributed by atoms with Gasteiger partial charge in [-0.25, -0.2) is 0 Å². The number of hydrogen-bond acceptors (Lipinski definition) is 3. The Hall–Kier alpha value is -1.31. The lowest BCUT2D eigenvalue weighted by Gasteiger charge is -2.08. The normalized spacial score (nSPS) is 10.9. The molecule has 0 fully saturated rings. The summed E-state index contributed by atoms with van der Waals surface area (Å²) in [5.41, 5.74) is 1.35. The van der Waals surface area contributed by atoms with Gasteiger partial charge >= 0.3 is 0 Å². The third-order valence-electron chi connectivity index (χ3n) is 3.00. The average Bonchev–Trinajstić information content (AvgIpc) is 2.54. The van der Waals surface area contributed by atoms with Gasteiger partial charge in [0.25, 0.3) is 5.91 Å². The maximum atomic E-state index is 12.3. The minimum atomic E-state index is -0.472. The summed E-state index contributed by atoms with van der Waals surface area (Å²) in [5.74, 6) is 0.304. The summed E-state index contributed by atoms with van der Waals surface area (Å²) < 4.78 is 7.12. The molecule has 0 unspecified atom stereocenters. The molecule has 0 spiro atoms. The molecule has 2 aromatic carbocycles. The molecule has 122 valence electrons. The van der Waals surface area contributed by atoms with E-state index in [2.05, 4.69) is 50.5 Å². The topological polar surface area (TPSA) is 62.1 Å². The van der Waals surface area contributed by atoms with E-state index in [1.807, 2.05) is 18.2 Å². The number of nitrogens with one attached hydrogen (secondary N) is 1. The minimum absolute atomic E-state index is 0.0155. The maximum Gasteiger partial charge on any atom is 0.266 e. The largest absolute Gasteiger partial charge is 0.495 e. The van der Waals surface area contributed by atoms with E-state index in [9.17, 15) is 10.1 Å². The highest BCUT2D eigenvalue weighted by Gasteiger charge is 2.12. The standard InChI is InChI=1S/C17H11ClI2N2O2/c1-24-16-14(19)7-10(8-15(16)20)6-11(9-21)17(23)22-13-4-2-12(18)3-5-13/h2-8H,1H3,(H,22,23)/b11-6-. The number of benzene rings is 2. The van der Waals surface area contributed by atoms with E-state index < -0.39 is 5.91 Å². The van der Waals surface area contributed by atoms with E-state index in [0.717, 1.165) is 18.5 Å². The fourth-order valence-electron chi connectivity index (χ4n) is 1.90. The maximum absolute atomic E-state index is 12.3. The fraction of sp³-hybridized carbons (Fsp3) is 0.0588. The first-order valence-electron chi connectivity index (χ1n) is 6.66. The molecule has 0 atom stereocenters. The third kappa shape index (κ3) is 4.84. The lowest BCUT2D eigenvalue weighted by molar-refractivity contribution is -0.112. The van der Waals surface area contributed by atoms with Crippen LogP contribution in [0.3, 0.4) is 0 Å². The van der Waals surface area contributed by atoms with E-state index >= 15 is 0 Å². The number of carbonyl (C=O) groups is 1. The smallest absolute Gasteiger partial charge is 0.266 e. The lowest BCUT2D eigenvalue weighted by atomic mass is 10.1. The lowest BCUT2D eigenvalue weighted by Crippen LogP contribution is -2.13. The zero-order valence-electron chi connectivity index (χ0n) is 12.4. The monoisotopic (exact) mass is 564 g/mol. The first-order valence-corrected chi connectivity index (χ1v) is 9.20. The van der Waals surface area contributed by atoms with Crippen molar-refractivity contribution in [3.05, 3.63) is 59.7 Å². The van der Waals surface area contributed by atoms with Crippen molar-refractivity contribution in [1.29, 1.82) is 5.26 Å². The first-order chi connectivity index (χ1) is 11.4. The summed E-state index contributed by atoms with van der Waals surface area (Å²) in [6, 6.07) is 12.3. The Morgan fingerprint density at radius 3 is 2.33 bits per heavy atom. The fourth-order valence-corrected chi connectivity index (χ4v) is 4.29. The van der Waals surface area contributed by atoms with Gasteiger partial charge in [-0.1, -0.05) is 11.6 Å². The van der Waals surface area contributed by atoms with E-state index in [-0.39, 0.29) is 5.57 Å². The van der Waals surface area contributed by atoms with Crippen LogP contribution in [0.15, 0.2) is 42.0 Å². The van der Waals surface area contributed by atoms with Gasteiger partial charge < -0.3 is 10.1 Å². The van der Waals surface area contributed by atoms with Crippen LogP contribution < -0.4 is 10.1 Å². The Kier molecular flexibility index (Phi) is 6.89. The second-order valence-electron chi connectivity index (χ2n) is 4.65. The summed E-state index contributed by atoms with van der Waals surface area (Å²) in [6.07, 6.45) is 1.55.